The summed E-state index contributed by atoms with van der Waals surface area (Å²) in [6, 6.07) is 4.08. The van der Waals surface area contributed by atoms with Gasteiger partial charge in [0, 0.05) is 0 Å². The van der Waals surface area contributed by atoms with Crippen LogP contribution in [0.25, 0.3) is 0 Å². The van der Waals surface area contributed by atoms with Crippen molar-refractivity contribution in [3.05, 3.63) is 23.8 Å². The summed E-state index contributed by atoms with van der Waals surface area (Å²) in [7, 11) is 0. The first kappa shape index (κ1) is 12.6. The summed E-state index contributed by atoms with van der Waals surface area (Å²) < 4.78 is 58.9. The van der Waals surface area contributed by atoms with Crippen LogP contribution in [-0.2, 0) is 9.47 Å². The molecule has 1 saturated heterocycles. The molecule has 0 bridgehead atoms. The maximum atomic E-state index is 13.0. The maximum Gasteiger partial charge on any atom is 0.418 e. The highest BCUT2D eigenvalue weighted by Crippen LogP contribution is 2.41. The lowest BCUT2D eigenvalue weighted by Gasteiger charge is -2.21. The molecule has 1 fully saturated rings. The van der Waals surface area contributed by atoms with Gasteiger partial charge in [0.15, 0.2) is 17.6 Å². The fourth-order valence-corrected chi connectivity index (χ4v) is 1.82. The van der Waals surface area contributed by atoms with Crippen LogP contribution >= 0.6 is 0 Å². The van der Waals surface area contributed by atoms with E-state index in [2.05, 4.69) is 0 Å². The third kappa shape index (κ3) is 2.76. The zero-order valence-corrected chi connectivity index (χ0v) is 9.77. The molecule has 1 aromatic rings. The van der Waals surface area contributed by atoms with Gasteiger partial charge in [-0.1, -0.05) is 6.07 Å². The van der Waals surface area contributed by atoms with E-state index in [1.165, 1.54) is 18.2 Å². The lowest BCUT2D eigenvalue weighted by molar-refractivity contribution is -0.224. The van der Waals surface area contributed by atoms with Crippen LogP contribution in [0.1, 0.15) is 11.7 Å². The summed E-state index contributed by atoms with van der Waals surface area (Å²) in [6.45, 7) is 0.399. The number of hydrogen-bond donors (Lipinski definition) is 0. The Hall–Kier alpha value is -1.47. The monoisotopic (exact) mass is 276 g/mol. The number of halogens is 3. The molecule has 3 rings (SSSR count). The van der Waals surface area contributed by atoms with Crippen LogP contribution in [0.5, 0.6) is 11.5 Å². The first-order valence-electron chi connectivity index (χ1n) is 5.73. The molecule has 0 amide bonds. The van der Waals surface area contributed by atoms with Crippen LogP contribution in [0, 0.1) is 0 Å². The Morgan fingerprint density at radius 1 is 1.26 bits per heavy atom. The molecular formula is C12H11F3O4. The molecule has 104 valence electrons. The number of rotatable bonds is 4. The van der Waals surface area contributed by atoms with Crippen molar-refractivity contribution in [2.24, 2.45) is 0 Å². The van der Waals surface area contributed by atoms with Crippen molar-refractivity contribution in [2.75, 3.05) is 20.0 Å². The van der Waals surface area contributed by atoms with Crippen LogP contribution in [0.3, 0.4) is 0 Å². The van der Waals surface area contributed by atoms with Crippen molar-refractivity contribution in [1.82, 2.24) is 0 Å². The number of benzene rings is 1. The van der Waals surface area contributed by atoms with Crippen LogP contribution in [0.2, 0.25) is 0 Å². The molecule has 2 aliphatic heterocycles. The van der Waals surface area contributed by atoms with Crippen molar-refractivity contribution < 1.29 is 32.1 Å². The SMILES string of the molecule is FC(F)(F)C(OCC1CO1)c1ccc2c(c1)OCO2. The van der Waals surface area contributed by atoms with Gasteiger partial charge in [-0.05, 0) is 17.7 Å². The molecule has 7 heteroatoms. The van der Waals surface area contributed by atoms with Crippen LogP contribution < -0.4 is 9.47 Å². The summed E-state index contributed by atoms with van der Waals surface area (Å²) in [5.74, 6) is 0.744. The van der Waals surface area contributed by atoms with Crippen molar-refractivity contribution in [3.8, 4) is 11.5 Å². The first-order valence-corrected chi connectivity index (χ1v) is 5.73. The highest BCUT2D eigenvalue weighted by atomic mass is 19.4. The second kappa shape index (κ2) is 4.57. The molecule has 1 aromatic carbocycles. The summed E-state index contributed by atoms with van der Waals surface area (Å²) in [5.41, 5.74) is -0.00241. The van der Waals surface area contributed by atoms with Crippen molar-refractivity contribution >= 4 is 0 Å². The Morgan fingerprint density at radius 2 is 2.00 bits per heavy atom. The average Bonchev–Trinajstić information content (AvgIpc) is 3.04. The van der Waals surface area contributed by atoms with Crippen molar-refractivity contribution in [3.63, 3.8) is 0 Å². The van der Waals surface area contributed by atoms with Gasteiger partial charge < -0.3 is 18.9 Å². The summed E-state index contributed by atoms with van der Waals surface area (Å²) in [4.78, 5) is 0. The van der Waals surface area contributed by atoms with Crippen LogP contribution in [0.15, 0.2) is 18.2 Å². The number of hydrogen-bond acceptors (Lipinski definition) is 4. The van der Waals surface area contributed by atoms with Gasteiger partial charge in [0.05, 0.1) is 13.2 Å². The Morgan fingerprint density at radius 3 is 2.68 bits per heavy atom. The zero-order chi connectivity index (χ0) is 13.5. The van der Waals surface area contributed by atoms with E-state index in [1.54, 1.807) is 0 Å². The van der Waals surface area contributed by atoms with Crippen molar-refractivity contribution in [2.45, 2.75) is 18.4 Å². The Labute approximate surface area is 107 Å². The fraction of sp³-hybridized carbons (Fsp3) is 0.500. The maximum absolute atomic E-state index is 13.0. The highest BCUT2D eigenvalue weighted by Gasteiger charge is 2.43. The van der Waals surface area contributed by atoms with Crippen LogP contribution in [-0.4, -0.2) is 32.3 Å². The minimum atomic E-state index is -4.48. The van der Waals surface area contributed by atoms with Gasteiger partial charge in [-0.3, -0.25) is 0 Å². The number of ether oxygens (including phenoxy) is 4. The quantitative estimate of drug-likeness (QED) is 0.792. The minimum Gasteiger partial charge on any atom is -0.454 e. The third-order valence-corrected chi connectivity index (χ3v) is 2.85. The second-order valence-electron chi connectivity index (χ2n) is 4.32. The Kier molecular flexibility index (Phi) is 3.02. The van der Waals surface area contributed by atoms with E-state index in [1.807, 2.05) is 0 Å². The van der Waals surface area contributed by atoms with Gasteiger partial charge in [0.25, 0.3) is 0 Å². The molecule has 2 unspecified atom stereocenters. The molecule has 0 radical (unpaired) electrons. The standard InChI is InChI=1S/C12H11F3O4/c13-12(14,15)11(17-5-8-4-16-8)7-1-2-9-10(3-7)19-6-18-9/h1-3,8,11H,4-6H2. The van der Waals surface area contributed by atoms with Gasteiger partial charge in [0.1, 0.15) is 6.10 Å². The zero-order valence-electron chi connectivity index (χ0n) is 9.77. The predicted molar refractivity (Wildman–Crippen MR) is 57.1 cm³/mol. The van der Waals surface area contributed by atoms with E-state index in [-0.39, 0.29) is 25.1 Å². The van der Waals surface area contributed by atoms with Crippen molar-refractivity contribution in [1.29, 1.82) is 0 Å². The smallest absolute Gasteiger partial charge is 0.418 e. The van der Waals surface area contributed by atoms with E-state index in [0.717, 1.165) is 0 Å². The number of alkyl halides is 3. The van der Waals surface area contributed by atoms with E-state index in [4.69, 9.17) is 18.9 Å². The minimum absolute atomic E-state index is 0.00241. The average molecular weight is 276 g/mol. The van der Waals surface area contributed by atoms with Gasteiger partial charge in [-0.15, -0.1) is 0 Å². The molecule has 0 aliphatic carbocycles. The molecule has 0 N–H and O–H groups in total. The lowest BCUT2D eigenvalue weighted by Crippen LogP contribution is -2.25. The summed E-state index contributed by atoms with van der Waals surface area (Å²) in [5, 5.41) is 0. The molecule has 4 nitrogen and oxygen atoms in total. The predicted octanol–water partition coefficient (Wildman–Crippen LogP) is 2.43. The van der Waals surface area contributed by atoms with Gasteiger partial charge >= 0.3 is 6.18 Å². The molecule has 19 heavy (non-hydrogen) atoms. The largest absolute Gasteiger partial charge is 0.454 e. The Bertz CT molecular complexity index is 471. The number of fused-ring (bicyclic) bond motifs is 1. The molecule has 2 atom stereocenters. The highest BCUT2D eigenvalue weighted by molar-refractivity contribution is 5.45. The lowest BCUT2D eigenvalue weighted by atomic mass is 10.1. The molecule has 0 spiro atoms. The normalized spacial score (nSPS) is 22.4. The summed E-state index contributed by atoms with van der Waals surface area (Å²) >= 11 is 0. The van der Waals surface area contributed by atoms with E-state index in [0.29, 0.717) is 18.1 Å². The first-order chi connectivity index (χ1) is 9.04. The number of epoxide rings is 1. The van der Waals surface area contributed by atoms with Gasteiger partial charge in [-0.25, -0.2) is 0 Å². The molecule has 2 aliphatic rings. The van der Waals surface area contributed by atoms with E-state index < -0.39 is 12.3 Å². The molecule has 0 saturated carbocycles. The topological polar surface area (TPSA) is 40.2 Å². The summed E-state index contributed by atoms with van der Waals surface area (Å²) in [6.07, 6.45) is -6.69. The van der Waals surface area contributed by atoms with Gasteiger partial charge in [-0.2, -0.15) is 13.2 Å². The molecule has 0 aromatic heterocycles. The van der Waals surface area contributed by atoms with Crippen LogP contribution in [0.4, 0.5) is 13.2 Å². The van der Waals surface area contributed by atoms with Gasteiger partial charge in [0.2, 0.25) is 6.79 Å². The second-order valence-corrected chi connectivity index (χ2v) is 4.32. The Balaban J connectivity index is 1.81. The fourth-order valence-electron chi connectivity index (χ4n) is 1.82. The third-order valence-electron chi connectivity index (χ3n) is 2.85. The van der Waals surface area contributed by atoms with E-state index in [9.17, 15) is 13.2 Å². The van der Waals surface area contributed by atoms with E-state index >= 15 is 0 Å². The molecular weight excluding hydrogens is 265 g/mol. The molecule has 2 heterocycles.